The maximum Gasteiger partial charge on any atom is 0.251 e. The molecule has 2 saturated carbocycles. The molecule has 3 aromatic rings. The van der Waals surface area contributed by atoms with Gasteiger partial charge < -0.3 is 26.3 Å². The van der Waals surface area contributed by atoms with Crippen molar-refractivity contribution in [3.63, 3.8) is 0 Å². The van der Waals surface area contributed by atoms with Crippen molar-refractivity contribution >= 4 is 35.3 Å². The van der Waals surface area contributed by atoms with E-state index in [-0.39, 0.29) is 41.6 Å². The Bertz CT molecular complexity index is 1710. The van der Waals surface area contributed by atoms with E-state index in [9.17, 15) is 14.0 Å². The first-order chi connectivity index (χ1) is 21.5. The van der Waals surface area contributed by atoms with Crippen LogP contribution in [0.1, 0.15) is 84.5 Å². The molecule has 236 valence electrons. The van der Waals surface area contributed by atoms with Crippen LogP contribution >= 0.6 is 11.6 Å². The number of fused-ring (bicyclic) bond motifs is 1. The molecule has 0 bridgehead atoms. The number of hydrogen-bond acceptors (Lipinski definition) is 8. The zero-order valence-corrected chi connectivity index (χ0v) is 26.2. The molecule has 6 rings (SSSR count). The number of hydrogen-bond donors (Lipinski definition) is 3. The molecule has 1 aliphatic heterocycles. The van der Waals surface area contributed by atoms with Gasteiger partial charge in [-0.1, -0.05) is 11.6 Å². The molecule has 2 amide bonds. The van der Waals surface area contributed by atoms with Gasteiger partial charge in [0, 0.05) is 52.8 Å². The van der Waals surface area contributed by atoms with Crippen LogP contribution in [0.3, 0.4) is 0 Å². The molecule has 45 heavy (non-hydrogen) atoms. The van der Waals surface area contributed by atoms with Crippen LogP contribution in [-0.2, 0) is 10.2 Å². The summed E-state index contributed by atoms with van der Waals surface area (Å²) >= 11 is 6.58. The van der Waals surface area contributed by atoms with E-state index in [1.165, 1.54) is 20.2 Å². The lowest BCUT2D eigenvalue weighted by molar-refractivity contribution is -0.123. The third-order valence-electron chi connectivity index (χ3n) is 8.86. The number of methoxy groups -OCH3 is 1. The number of halogens is 2. The number of amides is 2. The summed E-state index contributed by atoms with van der Waals surface area (Å²) in [5.74, 6) is -0.0164. The Hall–Kier alpha value is -4.25. The number of carbonyl (C=O) groups is 2. The van der Waals surface area contributed by atoms with Crippen LogP contribution in [0.4, 0.5) is 10.1 Å². The number of pyridine rings is 2. The molecular formula is C33H36ClFN6O4. The number of nitrogens with zero attached hydrogens (tertiary/aromatic N) is 3. The Morgan fingerprint density at radius 2 is 2.00 bits per heavy atom. The number of benzene rings is 1. The van der Waals surface area contributed by atoms with Crippen molar-refractivity contribution in [3.8, 4) is 22.8 Å². The number of aliphatic imine (C=N–C) groups is 1. The van der Waals surface area contributed by atoms with E-state index in [2.05, 4.69) is 15.3 Å². The fourth-order valence-corrected chi connectivity index (χ4v) is 5.81. The van der Waals surface area contributed by atoms with Crippen molar-refractivity contribution in [3.05, 3.63) is 63.6 Å². The number of alkyl halides is 1. The van der Waals surface area contributed by atoms with Gasteiger partial charge in [0.2, 0.25) is 5.91 Å². The average Bonchev–Trinajstić information content (AvgIpc) is 3.96. The normalized spacial score (nSPS) is 20.4. The Morgan fingerprint density at radius 1 is 1.24 bits per heavy atom. The van der Waals surface area contributed by atoms with Crippen LogP contribution in [0.15, 0.2) is 35.5 Å². The van der Waals surface area contributed by atoms with Crippen molar-refractivity contribution in [2.75, 3.05) is 26.0 Å². The van der Waals surface area contributed by atoms with Gasteiger partial charge in [-0.15, -0.1) is 0 Å². The second kappa shape index (κ2) is 11.9. The number of ether oxygens (including phenoxy) is 2. The number of nitrogens with one attached hydrogen (secondary N) is 1. The first-order valence-corrected chi connectivity index (χ1v) is 15.4. The van der Waals surface area contributed by atoms with E-state index in [1.54, 1.807) is 31.3 Å². The minimum absolute atomic E-state index is 0.0288. The lowest BCUT2D eigenvalue weighted by Crippen LogP contribution is -2.40. The standard InChI is InChI=1S/C33H36ClFN6O4/c1-16(35)25-10-21(24(34)14-39-25)29-30-23(33(2,15-45-30)32(37)43)11-26(41-29)22(17-4-5-17)13-40-31(42)18-8-19(12-38-20-6-7-20)28(36)27(9-18)44-3/h8-12,14,16-17,20,22H,4-7,13,15,36H2,1-3H3,(H2,37,43)(H,40,42)/t16?,22-,33-/m0/s1. The van der Waals surface area contributed by atoms with Crippen molar-refractivity contribution in [2.24, 2.45) is 16.6 Å². The number of primary amides is 1. The summed E-state index contributed by atoms with van der Waals surface area (Å²) in [4.78, 5) is 39.8. The number of anilines is 1. The monoisotopic (exact) mass is 634 g/mol. The van der Waals surface area contributed by atoms with E-state index >= 15 is 0 Å². The van der Waals surface area contributed by atoms with Crippen LogP contribution in [0.25, 0.3) is 11.3 Å². The van der Waals surface area contributed by atoms with Crippen molar-refractivity contribution in [1.82, 2.24) is 15.3 Å². The number of carbonyl (C=O) groups excluding carboxylic acids is 2. The second-order valence-corrected chi connectivity index (χ2v) is 12.7. The first-order valence-electron chi connectivity index (χ1n) is 15.1. The summed E-state index contributed by atoms with van der Waals surface area (Å²) in [5.41, 5.74) is 14.7. The van der Waals surface area contributed by atoms with Gasteiger partial charge in [-0.25, -0.2) is 9.37 Å². The molecule has 2 aliphatic carbocycles. The minimum atomic E-state index is -1.34. The number of rotatable bonds is 11. The lowest BCUT2D eigenvalue weighted by atomic mass is 9.82. The van der Waals surface area contributed by atoms with Gasteiger partial charge in [0.1, 0.15) is 35.4 Å². The summed E-state index contributed by atoms with van der Waals surface area (Å²) in [5, 5.41) is 3.33. The third-order valence-corrected chi connectivity index (χ3v) is 9.16. The topological polar surface area (TPSA) is 155 Å². The molecule has 3 atom stereocenters. The molecule has 0 radical (unpaired) electrons. The predicted molar refractivity (Wildman–Crippen MR) is 170 cm³/mol. The summed E-state index contributed by atoms with van der Waals surface area (Å²) in [6, 6.07) is 7.02. The van der Waals surface area contributed by atoms with E-state index in [0.717, 1.165) is 25.7 Å². The largest absolute Gasteiger partial charge is 0.495 e. The highest BCUT2D eigenvalue weighted by Gasteiger charge is 2.45. The van der Waals surface area contributed by atoms with Crippen LogP contribution in [0.5, 0.6) is 11.5 Å². The lowest BCUT2D eigenvalue weighted by Gasteiger charge is -2.22. The smallest absolute Gasteiger partial charge is 0.251 e. The van der Waals surface area contributed by atoms with Crippen LogP contribution in [0.2, 0.25) is 5.02 Å². The predicted octanol–water partition coefficient (Wildman–Crippen LogP) is 5.06. The molecule has 3 aliphatic rings. The van der Waals surface area contributed by atoms with E-state index in [0.29, 0.717) is 56.9 Å². The van der Waals surface area contributed by atoms with Crippen LogP contribution < -0.4 is 26.3 Å². The fraction of sp³-hybridized carbons (Fsp3) is 0.424. The molecule has 10 nitrogen and oxygen atoms in total. The highest BCUT2D eigenvalue weighted by molar-refractivity contribution is 6.33. The van der Waals surface area contributed by atoms with Crippen LogP contribution in [0, 0.1) is 5.92 Å². The van der Waals surface area contributed by atoms with Gasteiger partial charge in [0.25, 0.3) is 5.91 Å². The zero-order valence-electron chi connectivity index (χ0n) is 25.4. The molecule has 1 aromatic carbocycles. The number of aromatic nitrogens is 2. The summed E-state index contributed by atoms with van der Waals surface area (Å²) in [6.07, 6.45) is 5.74. The number of nitrogen functional groups attached to an aromatic ring is 1. The van der Waals surface area contributed by atoms with Gasteiger partial charge in [0.15, 0.2) is 0 Å². The van der Waals surface area contributed by atoms with Gasteiger partial charge in [-0.3, -0.25) is 19.6 Å². The molecule has 0 saturated heterocycles. The fourth-order valence-electron chi connectivity index (χ4n) is 5.61. The Balaban J connectivity index is 1.36. The van der Waals surface area contributed by atoms with Crippen LogP contribution in [-0.4, -0.2) is 54.3 Å². The van der Waals surface area contributed by atoms with Crippen molar-refractivity contribution in [2.45, 2.75) is 63.1 Å². The Morgan fingerprint density at radius 3 is 2.64 bits per heavy atom. The Labute approximate surface area is 265 Å². The summed E-state index contributed by atoms with van der Waals surface area (Å²) in [6.45, 7) is 3.42. The molecule has 1 unspecified atom stereocenters. The molecule has 2 fully saturated rings. The SMILES string of the molecule is COc1cc(C(=O)NC[C@H](c2cc3c(c(-c4cc(C(C)F)ncc4Cl)n2)OC[C@]3(C)C(N)=O)C2CC2)cc(C=NC2CC2)c1N. The van der Waals surface area contributed by atoms with Gasteiger partial charge >= 0.3 is 0 Å². The molecular weight excluding hydrogens is 599 g/mol. The van der Waals surface area contributed by atoms with E-state index < -0.39 is 17.5 Å². The third kappa shape index (κ3) is 6.05. The van der Waals surface area contributed by atoms with E-state index in [4.69, 9.17) is 37.5 Å². The summed E-state index contributed by atoms with van der Waals surface area (Å²) < 4.78 is 25.8. The number of nitrogens with two attached hydrogens (primary N) is 2. The van der Waals surface area contributed by atoms with Gasteiger partial charge in [-0.05, 0) is 69.7 Å². The molecule has 2 aromatic heterocycles. The molecule has 0 spiro atoms. The first kappa shape index (κ1) is 30.8. The average molecular weight is 635 g/mol. The zero-order chi connectivity index (χ0) is 32.0. The van der Waals surface area contributed by atoms with E-state index in [1.807, 2.05) is 6.07 Å². The quantitative estimate of drug-likeness (QED) is 0.197. The Kier molecular flexibility index (Phi) is 8.15. The van der Waals surface area contributed by atoms with Gasteiger partial charge in [-0.2, -0.15) is 0 Å². The highest BCUT2D eigenvalue weighted by atomic mass is 35.5. The van der Waals surface area contributed by atoms with Crippen molar-refractivity contribution in [1.29, 1.82) is 0 Å². The molecule has 5 N–H and O–H groups in total. The minimum Gasteiger partial charge on any atom is -0.495 e. The maximum atomic E-state index is 14.3. The van der Waals surface area contributed by atoms with Crippen molar-refractivity contribution < 1.29 is 23.5 Å². The summed E-state index contributed by atoms with van der Waals surface area (Å²) in [7, 11) is 1.51. The molecule has 12 heteroatoms. The van der Waals surface area contributed by atoms with Gasteiger partial charge in [0.05, 0.1) is 29.6 Å². The molecule has 3 heterocycles. The highest BCUT2D eigenvalue weighted by Crippen LogP contribution is 2.49. The second-order valence-electron chi connectivity index (χ2n) is 12.3. The maximum absolute atomic E-state index is 14.3.